The van der Waals surface area contributed by atoms with Crippen LogP contribution in [0.3, 0.4) is 0 Å². The number of aromatic nitrogens is 2. The first kappa shape index (κ1) is 19.0. The maximum absolute atomic E-state index is 14.1. The fourth-order valence-corrected chi connectivity index (χ4v) is 2.59. The highest BCUT2D eigenvalue weighted by molar-refractivity contribution is 5.71. The molecule has 8 nitrogen and oxygen atoms in total. The molecule has 0 aliphatic rings. The highest BCUT2D eigenvalue weighted by Gasteiger charge is 2.21. The summed E-state index contributed by atoms with van der Waals surface area (Å²) >= 11 is 0. The fourth-order valence-electron chi connectivity index (χ4n) is 2.59. The number of methoxy groups -OCH3 is 2. The summed E-state index contributed by atoms with van der Waals surface area (Å²) < 4.78 is 37.4. The summed E-state index contributed by atoms with van der Waals surface area (Å²) in [6.07, 6.45) is 1.24. The number of hydrogen-bond donors (Lipinski definition) is 1. The molecule has 0 radical (unpaired) electrons. The number of nitrogens with zero attached hydrogens (tertiary/aromatic N) is 3. The molecule has 2 aromatic carbocycles. The lowest BCUT2D eigenvalue weighted by Gasteiger charge is -2.11. The molecule has 3 aromatic rings. The third-order valence-electron chi connectivity index (χ3n) is 3.80. The maximum atomic E-state index is 14.1. The molecule has 0 aliphatic heterocycles. The minimum Gasteiger partial charge on any atom is -0.496 e. The molecule has 1 aromatic heterocycles. The van der Waals surface area contributed by atoms with Gasteiger partial charge < -0.3 is 14.8 Å². The van der Waals surface area contributed by atoms with Gasteiger partial charge in [-0.3, -0.25) is 10.1 Å². The topological polar surface area (TPSA) is 99.4 Å². The molecule has 0 spiro atoms. The molecule has 144 valence electrons. The van der Waals surface area contributed by atoms with Gasteiger partial charge in [0, 0.05) is 35.5 Å². The number of nitro benzene ring substituents is 1. The predicted molar refractivity (Wildman–Crippen MR) is 96.9 cm³/mol. The van der Waals surface area contributed by atoms with Gasteiger partial charge in [-0.25, -0.2) is 18.7 Å². The minimum atomic E-state index is -0.895. The van der Waals surface area contributed by atoms with Gasteiger partial charge in [-0.1, -0.05) is 0 Å². The largest absolute Gasteiger partial charge is 0.496 e. The van der Waals surface area contributed by atoms with Crippen LogP contribution in [-0.4, -0.2) is 29.1 Å². The number of halogens is 2. The lowest BCUT2D eigenvalue weighted by atomic mass is 10.1. The zero-order chi connectivity index (χ0) is 20.3. The van der Waals surface area contributed by atoms with Crippen LogP contribution in [0.25, 0.3) is 11.3 Å². The number of rotatable bonds is 6. The molecule has 0 unspecified atom stereocenters. The molecule has 0 aliphatic carbocycles. The van der Waals surface area contributed by atoms with Crippen LogP contribution in [0.4, 0.5) is 26.0 Å². The summed E-state index contributed by atoms with van der Waals surface area (Å²) in [4.78, 5) is 18.5. The number of nitro groups is 1. The Morgan fingerprint density at radius 2 is 1.86 bits per heavy atom. The van der Waals surface area contributed by atoms with Crippen LogP contribution in [0, 0.1) is 21.7 Å². The van der Waals surface area contributed by atoms with Gasteiger partial charge in [-0.2, -0.15) is 0 Å². The quantitative estimate of drug-likeness (QED) is 0.501. The summed E-state index contributed by atoms with van der Waals surface area (Å²) in [6, 6.07) is 7.66. The zero-order valence-electron chi connectivity index (χ0n) is 14.8. The van der Waals surface area contributed by atoms with Gasteiger partial charge in [-0.05, 0) is 12.1 Å². The van der Waals surface area contributed by atoms with E-state index < -0.39 is 28.0 Å². The molecule has 0 bridgehead atoms. The van der Waals surface area contributed by atoms with Crippen molar-refractivity contribution in [3.8, 4) is 22.8 Å². The van der Waals surface area contributed by atoms with E-state index in [0.29, 0.717) is 11.3 Å². The Morgan fingerprint density at radius 1 is 1.07 bits per heavy atom. The van der Waals surface area contributed by atoms with E-state index in [9.17, 15) is 18.9 Å². The molecule has 0 fully saturated rings. The SMILES string of the molecule is COc1cc(F)ccc1-c1cc(Nc2cc(F)c(OC)c([N+](=O)[O-])c2)ncn1. The first-order valence-corrected chi connectivity index (χ1v) is 7.88. The number of anilines is 2. The highest BCUT2D eigenvalue weighted by atomic mass is 19.1. The highest BCUT2D eigenvalue weighted by Crippen LogP contribution is 2.35. The van der Waals surface area contributed by atoms with Gasteiger partial charge in [0.2, 0.25) is 5.75 Å². The van der Waals surface area contributed by atoms with Crippen molar-refractivity contribution in [3.63, 3.8) is 0 Å². The second-order valence-electron chi connectivity index (χ2n) is 5.53. The summed E-state index contributed by atoms with van der Waals surface area (Å²) in [7, 11) is 2.54. The molecule has 0 saturated heterocycles. The van der Waals surface area contributed by atoms with Crippen molar-refractivity contribution in [2.24, 2.45) is 0 Å². The van der Waals surface area contributed by atoms with Crippen molar-refractivity contribution in [1.29, 1.82) is 0 Å². The standard InChI is InChI=1S/C18H14F2N4O4/c1-27-16-5-10(19)3-4-12(16)14-8-17(22-9-21-14)23-11-6-13(20)18(28-2)15(7-11)24(25)26/h3-9H,1-2H3,(H,21,22,23). The molecule has 10 heteroatoms. The van der Waals surface area contributed by atoms with E-state index in [1.165, 1.54) is 37.7 Å². The molecule has 1 heterocycles. The van der Waals surface area contributed by atoms with Crippen molar-refractivity contribution in [2.45, 2.75) is 0 Å². The molecular formula is C18H14F2N4O4. The Labute approximate surface area is 157 Å². The summed E-state index contributed by atoms with van der Waals surface area (Å²) in [5, 5.41) is 13.9. The number of hydrogen-bond acceptors (Lipinski definition) is 7. The average Bonchev–Trinajstić information content (AvgIpc) is 2.67. The number of benzene rings is 2. The Kier molecular flexibility index (Phi) is 5.30. The van der Waals surface area contributed by atoms with Gasteiger partial charge in [0.15, 0.2) is 5.82 Å². The first-order valence-electron chi connectivity index (χ1n) is 7.88. The number of ether oxygens (including phenoxy) is 2. The van der Waals surface area contributed by atoms with Crippen LogP contribution in [0.1, 0.15) is 0 Å². The van der Waals surface area contributed by atoms with Crippen molar-refractivity contribution in [2.75, 3.05) is 19.5 Å². The Morgan fingerprint density at radius 3 is 2.54 bits per heavy atom. The van der Waals surface area contributed by atoms with E-state index in [0.717, 1.165) is 19.2 Å². The first-order chi connectivity index (χ1) is 13.4. The normalized spacial score (nSPS) is 10.4. The van der Waals surface area contributed by atoms with Crippen molar-refractivity contribution < 1.29 is 23.2 Å². The van der Waals surface area contributed by atoms with Crippen LogP contribution in [0.5, 0.6) is 11.5 Å². The van der Waals surface area contributed by atoms with Crippen LogP contribution >= 0.6 is 0 Å². The molecule has 1 N–H and O–H groups in total. The smallest absolute Gasteiger partial charge is 0.316 e. The monoisotopic (exact) mass is 388 g/mol. The van der Waals surface area contributed by atoms with E-state index in [4.69, 9.17) is 9.47 Å². The van der Waals surface area contributed by atoms with E-state index in [-0.39, 0.29) is 17.3 Å². The van der Waals surface area contributed by atoms with E-state index >= 15 is 0 Å². The van der Waals surface area contributed by atoms with E-state index in [1.54, 1.807) is 0 Å². The van der Waals surface area contributed by atoms with Gasteiger partial charge in [0.25, 0.3) is 0 Å². The van der Waals surface area contributed by atoms with Gasteiger partial charge >= 0.3 is 5.69 Å². The van der Waals surface area contributed by atoms with Gasteiger partial charge in [0.05, 0.1) is 24.8 Å². The fraction of sp³-hybridized carbons (Fsp3) is 0.111. The van der Waals surface area contributed by atoms with Crippen molar-refractivity contribution in [3.05, 3.63) is 64.5 Å². The molecule has 0 atom stereocenters. The predicted octanol–water partition coefficient (Wildman–Crippen LogP) is 4.09. The van der Waals surface area contributed by atoms with E-state index in [2.05, 4.69) is 15.3 Å². The minimum absolute atomic E-state index is 0.0979. The lowest BCUT2D eigenvalue weighted by molar-refractivity contribution is -0.385. The lowest BCUT2D eigenvalue weighted by Crippen LogP contribution is -2.01. The number of nitrogens with one attached hydrogen (secondary N) is 1. The summed E-state index contributed by atoms with van der Waals surface area (Å²) in [6.45, 7) is 0. The molecule has 0 amide bonds. The Hall–Kier alpha value is -3.82. The summed E-state index contributed by atoms with van der Waals surface area (Å²) in [5.74, 6) is -1.30. The van der Waals surface area contributed by atoms with Gasteiger partial charge in [-0.15, -0.1) is 0 Å². The van der Waals surface area contributed by atoms with Crippen molar-refractivity contribution in [1.82, 2.24) is 9.97 Å². The molecule has 3 rings (SSSR count). The van der Waals surface area contributed by atoms with Crippen LogP contribution in [0.15, 0.2) is 42.7 Å². The molecule has 28 heavy (non-hydrogen) atoms. The van der Waals surface area contributed by atoms with Crippen LogP contribution in [-0.2, 0) is 0 Å². The Balaban J connectivity index is 1.97. The molecular weight excluding hydrogens is 374 g/mol. The summed E-state index contributed by atoms with van der Waals surface area (Å²) in [5.41, 5.74) is 0.499. The Bertz CT molecular complexity index is 1050. The maximum Gasteiger partial charge on any atom is 0.316 e. The van der Waals surface area contributed by atoms with Crippen LogP contribution in [0.2, 0.25) is 0 Å². The molecule has 0 saturated carbocycles. The van der Waals surface area contributed by atoms with Crippen LogP contribution < -0.4 is 14.8 Å². The van der Waals surface area contributed by atoms with E-state index in [1.807, 2.05) is 0 Å². The van der Waals surface area contributed by atoms with Crippen molar-refractivity contribution >= 4 is 17.2 Å². The zero-order valence-corrected chi connectivity index (χ0v) is 14.8. The third kappa shape index (κ3) is 3.80. The average molecular weight is 388 g/mol. The third-order valence-corrected chi connectivity index (χ3v) is 3.80. The van der Waals surface area contributed by atoms with Gasteiger partial charge in [0.1, 0.15) is 23.7 Å². The second kappa shape index (κ2) is 7.82. The second-order valence-corrected chi connectivity index (χ2v) is 5.53.